The average molecular weight is 358 g/mol. The highest BCUT2D eigenvalue weighted by Crippen LogP contribution is 2.54. The van der Waals surface area contributed by atoms with Crippen molar-refractivity contribution in [3.05, 3.63) is 95.1 Å². The summed E-state index contributed by atoms with van der Waals surface area (Å²) in [6, 6.07) is 24.0. The fourth-order valence-corrected chi connectivity index (χ4v) is 3.94. The Morgan fingerprint density at radius 1 is 0.741 bits per heavy atom. The minimum atomic E-state index is -1.15. The van der Waals surface area contributed by atoms with Crippen LogP contribution in [0, 0.1) is 0 Å². The number of hydrogen-bond donors (Lipinski definition) is 1. The summed E-state index contributed by atoms with van der Waals surface area (Å²) >= 11 is 0. The molecule has 136 valence electrons. The molecule has 0 saturated heterocycles. The van der Waals surface area contributed by atoms with Crippen LogP contribution in [0.15, 0.2) is 72.8 Å². The van der Waals surface area contributed by atoms with Gasteiger partial charge in [0.15, 0.2) is 11.5 Å². The van der Waals surface area contributed by atoms with E-state index in [1.165, 1.54) is 0 Å². The minimum absolute atomic E-state index is 0.609. The first kappa shape index (κ1) is 17.4. The Bertz CT molecular complexity index is 1000. The van der Waals surface area contributed by atoms with E-state index in [-0.39, 0.29) is 0 Å². The van der Waals surface area contributed by atoms with Crippen LogP contribution in [0.25, 0.3) is 11.1 Å². The van der Waals surface area contributed by atoms with Gasteiger partial charge in [0.25, 0.3) is 0 Å². The van der Waals surface area contributed by atoms with Crippen LogP contribution in [0.5, 0.6) is 11.5 Å². The summed E-state index contributed by atoms with van der Waals surface area (Å²) in [6.45, 7) is 1.84. The first-order chi connectivity index (χ1) is 13.1. The molecule has 1 unspecified atom stereocenters. The average Bonchev–Trinajstić information content (AvgIpc) is 2.94. The van der Waals surface area contributed by atoms with Gasteiger partial charge in [0.1, 0.15) is 5.60 Å². The van der Waals surface area contributed by atoms with Crippen molar-refractivity contribution in [2.45, 2.75) is 12.5 Å². The maximum absolute atomic E-state index is 11.6. The smallest absolute Gasteiger partial charge is 0.161 e. The van der Waals surface area contributed by atoms with Gasteiger partial charge in [0.2, 0.25) is 0 Å². The Morgan fingerprint density at radius 2 is 1.26 bits per heavy atom. The summed E-state index contributed by atoms with van der Waals surface area (Å²) in [6.07, 6.45) is 0. The molecule has 27 heavy (non-hydrogen) atoms. The SMILES string of the molecule is COc1cc2c(cc1OC)C(C)(O)C(c1ccccc1)=C2c1ccccc1. The second kappa shape index (κ2) is 6.60. The molecular weight excluding hydrogens is 336 g/mol. The summed E-state index contributed by atoms with van der Waals surface area (Å²) < 4.78 is 11.0. The Kier molecular flexibility index (Phi) is 4.25. The molecule has 1 atom stereocenters. The molecule has 1 aliphatic rings. The van der Waals surface area contributed by atoms with Gasteiger partial charge in [0.05, 0.1) is 14.2 Å². The number of methoxy groups -OCH3 is 2. The van der Waals surface area contributed by atoms with Gasteiger partial charge in [-0.25, -0.2) is 0 Å². The third-order valence-corrected chi connectivity index (χ3v) is 5.18. The molecule has 0 aliphatic heterocycles. The lowest BCUT2D eigenvalue weighted by atomic mass is 9.87. The summed E-state index contributed by atoms with van der Waals surface area (Å²) in [5.74, 6) is 1.26. The summed E-state index contributed by atoms with van der Waals surface area (Å²) in [5.41, 5.74) is 4.59. The van der Waals surface area contributed by atoms with Crippen LogP contribution in [-0.4, -0.2) is 19.3 Å². The molecule has 0 radical (unpaired) electrons. The van der Waals surface area contributed by atoms with Crippen LogP contribution < -0.4 is 9.47 Å². The van der Waals surface area contributed by atoms with Gasteiger partial charge in [-0.15, -0.1) is 0 Å². The van der Waals surface area contributed by atoms with Crippen molar-refractivity contribution in [2.75, 3.05) is 14.2 Å². The molecule has 0 aromatic heterocycles. The maximum Gasteiger partial charge on any atom is 0.161 e. The van der Waals surface area contributed by atoms with Crippen LogP contribution in [0.2, 0.25) is 0 Å². The topological polar surface area (TPSA) is 38.7 Å². The van der Waals surface area contributed by atoms with Crippen LogP contribution in [0.1, 0.15) is 29.2 Å². The van der Waals surface area contributed by atoms with E-state index in [0.717, 1.165) is 33.4 Å². The van der Waals surface area contributed by atoms with Crippen molar-refractivity contribution < 1.29 is 14.6 Å². The standard InChI is InChI=1S/C24H22O3/c1-24(25)19-15-21(27-3)20(26-2)14-18(19)22(16-10-6-4-7-11-16)23(24)17-12-8-5-9-13-17/h4-15,25H,1-3H3. The molecule has 1 aliphatic carbocycles. The zero-order chi connectivity index (χ0) is 19.0. The summed E-state index contributed by atoms with van der Waals surface area (Å²) in [5, 5.41) is 11.6. The molecule has 3 aromatic carbocycles. The van der Waals surface area contributed by atoms with Gasteiger partial charge in [-0.05, 0) is 46.9 Å². The molecule has 0 spiro atoms. The number of ether oxygens (including phenoxy) is 2. The monoisotopic (exact) mass is 358 g/mol. The van der Waals surface area contributed by atoms with Crippen LogP contribution in [0.4, 0.5) is 0 Å². The molecule has 0 fully saturated rings. The van der Waals surface area contributed by atoms with E-state index in [1.54, 1.807) is 14.2 Å². The minimum Gasteiger partial charge on any atom is -0.493 e. The Hall–Kier alpha value is -3.04. The van der Waals surface area contributed by atoms with Crippen LogP contribution >= 0.6 is 0 Å². The molecular formula is C24H22O3. The van der Waals surface area contributed by atoms with Crippen molar-refractivity contribution in [1.82, 2.24) is 0 Å². The second-order valence-electron chi connectivity index (χ2n) is 6.81. The van der Waals surface area contributed by atoms with E-state index in [1.807, 2.05) is 67.6 Å². The Balaban J connectivity index is 2.08. The fraction of sp³-hybridized carbons (Fsp3) is 0.167. The lowest BCUT2D eigenvalue weighted by molar-refractivity contribution is 0.125. The van der Waals surface area contributed by atoms with Gasteiger partial charge in [-0.2, -0.15) is 0 Å². The third-order valence-electron chi connectivity index (χ3n) is 5.18. The third kappa shape index (κ3) is 2.71. The van der Waals surface area contributed by atoms with Crippen molar-refractivity contribution in [3.63, 3.8) is 0 Å². The normalized spacial score (nSPS) is 18.4. The quantitative estimate of drug-likeness (QED) is 0.722. The van der Waals surface area contributed by atoms with E-state index < -0.39 is 5.60 Å². The first-order valence-electron chi connectivity index (χ1n) is 8.92. The molecule has 0 heterocycles. The van der Waals surface area contributed by atoms with E-state index in [4.69, 9.17) is 9.47 Å². The highest BCUT2D eigenvalue weighted by molar-refractivity contribution is 6.07. The summed E-state index contributed by atoms with van der Waals surface area (Å²) in [7, 11) is 3.24. The lowest BCUT2D eigenvalue weighted by Gasteiger charge is -2.24. The largest absolute Gasteiger partial charge is 0.493 e. The van der Waals surface area contributed by atoms with Crippen LogP contribution in [-0.2, 0) is 5.60 Å². The van der Waals surface area contributed by atoms with Gasteiger partial charge in [-0.3, -0.25) is 0 Å². The zero-order valence-electron chi connectivity index (χ0n) is 15.7. The molecule has 0 amide bonds. The Morgan fingerprint density at radius 3 is 1.81 bits per heavy atom. The van der Waals surface area contributed by atoms with E-state index in [0.29, 0.717) is 11.5 Å². The van der Waals surface area contributed by atoms with Gasteiger partial charge < -0.3 is 14.6 Å². The first-order valence-corrected chi connectivity index (χ1v) is 8.92. The van der Waals surface area contributed by atoms with Crippen molar-refractivity contribution >= 4 is 11.1 Å². The van der Waals surface area contributed by atoms with Gasteiger partial charge in [-0.1, -0.05) is 60.7 Å². The highest BCUT2D eigenvalue weighted by Gasteiger charge is 2.42. The second-order valence-corrected chi connectivity index (χ2v) is 6.81. The van der Waals surface area contributed by atoms with Crippen molar-refractivity contribution in [2.24, 2.45) is 0 Å². The van der Waals surface area contributed by atoms with E-state index in [9.17, 15) is 5.11 Å². The predicted octanol–water partition coefficient (Wildman–Crippen LogP) is 4.88. The van der Waals surface area contributed by atoms with Gasteiger partial charge >= 0.3 is 0 Å². The maximum atomic E-state index is 11.6. The molecule has 3 aromatic rings. The number of rotatable bonds is 4. The number of hydrogen-bond acceptors (Lipinski definition) is 3. The highest BCUT2D eigenvalue weighted by atomic mass is 16.5. The predicted molar refractivity (Wildman–Crippen MR) is 108 cm³/mol. The van der Waals surface area contributed by atoms with Gasteiger partial charge in [0, 0.05) is 5.57 Å². The Labute approximate surface area is 159 Å². The number of benzene rings is 3. The van der Waals surface area contributed by atoms with Crippen molar-refractivity contribution in [3.8, 4) is 11.5 Å². The fourth-order valence-electron chi connectivity index (χ4n) is 3.94. The lowest BCUT2D eigenvalue weighted by Crippen LogP contribution is -2.20. The van der Waals surface area contributed by atoms with Crippen molar-refractivity contribution in [1.29, 1.82) is 0 Å². The molecule has 0 saturated carbocycles. The number of aliphatic hydroxyl groups is 1. The molecule has 3 nitrogen and oxygen atoms in total. The van der Waals surface area contributed by atoms with E-state index in [2.05, 4.69) is 12.1 Å². The molecule has 4 rings (SSSR count). The van der Waals surface area contributed by atoms with Crippen LogP contribution in [0.3, 0.4) is 0 Å². The molecule has 3 heteroatoms. The number of fused-ring (bicyclic) bond motifs is 1. The zero-order valence-corrected chi connectivity index (χ0v) is 15.7. The molecule has 0 bridgehead atoms. The summed E-state index contributed by atoms with van der Waals surface area (Å²) in [4.78, 5) is 0. The molecule has 1 N–H and O–H groups in total. The van der Waals surface area contributed by atoms with E-state index >= 15 is 0 Å².